The first-order valence-electron chi connectivity index (χ1n) is 8.60. The second-order valence-electron chi connectivity index (χ2n) is 6.71. The number of nitrogens with two attached hydrogens (primary N) is 1. The number of fused-ring (bicyclic) bond motifs is 1. The Kier molecular flexibility index (Phi) is 4.89. The van der Waals surface area contributed by atoms with Gasteiger partial charge in [-0.2, -0.15) is 0 Å². The second-order valence-corrected chi connectivity index (χ2v) is 6.71. The molecule has 0 spiro atoms. The average Bonchev–Trinajstić information content (AvgIpc) is 2.50. The molecule has 0 bridgehead atoms. The summed E-state index contributed by atoms with van der Waals surface area (Å²) in [6.07, 6.45) is 9.48. The molecule has 2 atom stereocenters. The molecule has 1 heterocycles. The van der Waals surface area contributed by atoms with Crippen LogP contribution in [-0.2, 0) is 11.2 Å². The van der Waals surface area contributed by atoms with Gasteiger partial charge in [-0.25, -0.2) is 0 Å². The van der Waals surface area contributed by atoms with Crippen molar-refractivity contribution in [2.75, 3.05) is 6.54 Å². The molecule has 4 nitrogen and oxygen atoms in total. The first-order chi connectivity index (χ1) is 10.7. The molecule has 3 rings (SSSR count). The second kappa shape index (κ2) is 6.88. The van der Waals surface area contributed by atoms with E-state index in [9.17, 15) is 10.2 Å². The molecule has 4 N–H and O–H groups in total. The molecule has 1 aromatic rings. The molecule has 2 aliphatic rings. The van der Waals surface area contributed by atoms with E-state index in [4.69, 9.17) is 10.5 Å². The van der Waals surface area contributed by atoms with E-state index in [1.807, 2.05) is 6.07 Å². The van der Waals surface area contributed by atoms with Crippen LogP contribution < -0.4 is 5.73 Å². The molecule has 0 amide bonds. The maximum Gasteiger partial charge on any atom is 0.161 e. The Labute approximate surface area is 132 Å². The van der Waals surface area contributed by atoms with Gasteiger partial charge in [-0.05, 0) is 30.4 Å². The van der Waals surface area contributed by atoms with Gasteiger partial charge in [0.25, 0.3) is 0 Å². The standard InChI is InChI=1S/C18H27NO3/c19-11-17-13-8-9-15(20)18(21)14(13)10-16(22-17)12-6-4-2-1-3-5-7-12/h8-9,12,16-17,20-21H,1-7,10-11,19H2. The van der Waals surface area contributed by atoms with Gasteiger partial charge in [-0.1, -0.05) is 38.2 Å². The molecular weight excluding hydrogens is 278 g/mol. The zero-order chi connectivity index (χ0) is 15.5. The van der Waals surface area contributed by atoms with Gasteiger partial charge >= 0.3 is 0 Å². The van der Waals surface area contributed by atoms with Crippen molar-refractivity contribution in [3.63, 3.8) is 0 Å². The number of ether oxygens (including phenoxy) is 1. The smallest absolute Gasteiger partial charge is 0.161 e. The molecule has 2 unspecified atom stereocenters. The molecule has 0 radical (unpaired) electrons. The minimum Gasteiger partial charge on any atom is -0.504 e. The van der Waals surface area contributed by atoms with Crippen molar-refractivity contribution in [2.45, 2.75) is 63.6 Å². The highest BCUT2D eigenvalue weighted by molar-refractivity contribution is 5.51. The number of hydrogen-bond donors (Lipinski definition) is 3. The van der Waals surface area contributed by atoms with Crippen LogP contribution in [-0.4, -0.2) is 22.9 Å². The van der Waals surface area contributed by atoms with Gasteiger partial charge in [0.05, 0.1) is 12.2 Å². The molecule has 1 saturated carbocycles. The fourth-order valence-corrected chi connectivity index (χ4v) is 4.01. The Balaban J connectivity index is 1.84. The van der Waals surface area contributed by atoms with Gasteiger partial charge in [0.2, 0.25) is 0 Å². The molecule has 1 aromatic carbocycles. The Morgan fingerprint density at radius 3 is 2.41 bits per heavy atom. The van der Waals surface area contributed by atoms with E-state index in [0.29, 0.717) is 18.9 Å². The molecule has 0 aromatic heterocycles. The number of benzene rings is 1. The van der Waals surface area contributed by atoms with Crippen molar-refractivity contribution in [2.24, 2.45) is 11.7 Å². The predicted octanol–water partition coefficient (Wildman–Crippen LogP) is 3.40. The Morgan fingerprint density at radius 2 is 1.73 bits per heavy atom. The van der Waals surface area contributed by atoms with E-state index < -0.39 is 0 Å². The Morgan fingerprint density at radius 1 is 1.05 bits per heavy atom. The number of hydrogen-bond acceptors (Lipinski definition) is 4. The minimum atomic E-state index is -0.175. The summed E-state index contributed by atoms with van der Waals surface area (Å²) in [5, 5.41) is 20.0. The van der Waals surface area contributed by atoms with Crippen LogP contribution in [0, 0.1) is 5.92 Å². The van der Waals surface area contributed by atoms with E-state index in [1.54, 1.807) is 0 Å². The third-order valence-corrected chi connectivity index (χ3v) is 5.28. The average molecular weight is 305 g/mol. The van der Waals surface area contributed by atoms with Crippen LogP contribution in [0.5, 0.6) is 11.5 Å². The van der Waals surface area contributed by atoms with Gasteiger partial charge in [0, 0.05) is 18.5 Å². The monoisotopic (exact) mass is 305 g/mol. The number of aromatic hydroxyl groups is 2. The normalized spacial score (nSPS) is 27.0. The summed E-state index contributed by atoms with van der Waals surface area (Å²) in [4.78, 5) is 0. The highest BCUT2D eigenvalue weighted by Crippen LogP contribution is 2.42. The molecule has 4 heteroatoms. The minimum absolute atomic E-state index is 0.00935. The zero-order valence-corrected chi connectivity index (χ0v) is 13.1. The van der Waals surface area contributed by atoms with Gasteiger partial charge < -0.3 is 20.7 Å². The SMILES string of the molecule is NCC1OC(C2CCCCCCC2)Cc2c1ccc(O)c2O. The summed E-state index contributed by atoms with van der Waals surface area (Å²) in [6.45, 7) is 0.403. The van der Waals surface area contributed by atoms with Crippen LogP contribution in [0.2, 0.25) is 0 Å². The maximum absolute atomic E-state index is 10.2. The van der Waals surface area contributed by atoms with Crippen LogP contribution >= 0.6 is 0 Å². The van der Waals surface area contributed by atoms with Crippen molar-refractivity contribution >= 4 is 0 Å². The molecule has 22 heavy (non-hydrogen) atoms. The van der Waals surface area contributed by atoms with E-state index in [2.05, 4.69) is 0 Å². The summed E-state index contributed by atoms with van der Waals surface area (Å²) in [5.41, 5.74) is 7.64. The maximum atomic E-state index is 10.2. The summed E-state index contributed by atoms with van der Waals surface area (Å²) >= 11 is 0. The summed E-state index contributed by atoms with van der Waals surface area (Å²) in [7, 11) is 0. The topological polar surface area (TPSA) is 75.7 Å². The molecular formula is C18H27NO3. The molecule has 1 fully saturated rings. The van der Waals surface area contributed by atoms with Crippen molar-refractivity contribution in [1.82, 2.24) is 0 Å². The largest absolute Gasteiger partial charge is 0.504 e. The fraction of sp³-hybridized carbons (Fsp3) is 0.667. The lowest BCUT2D eigenvalue weighted by Gasteiger charge is -2.37. The predicted molar refractivity (Wildman–Crippen MR) is 86.0 cm³/mol. The van der Waals surface area contributed by atoms with Crippen LogP contribution in [0.1, 0.15) is 62.2 Å². The lowest BCUT2D eigenvalue weighted by molar-refractivity contribution is -0.0572. The van der Waals surface area contributed by atoms with Crippen molar-refractivity contribution < 1.29 is 14.9 Å². The van der Waals surface area contributed by atoms with E-state index in [1.165, 1.54) is 51.0 Å². The van der Waals surface area contributed by atoms with Crippen LogP contribution in [0.4, 0.5) is 0 Å². The third kappa shape index (κ3) is 3.08. The fourth-order valence-electron chi connectivity index (χ4n) is 4.01. The number of phenols is 2. The van der Waals surface area contributed by atoms with Gasteiger partial charge in [-0.15, -0.1) is 0 Å². The van der Waals surface area contributed by atoms with E-state index >= 15 is 0 Å². The quantitative estimate of drug-likeness (QED) is 0.732. The van der Waals surface area contributed by atoms with Gasteiger partial charge in [0.1, 0.15) is 0 Å². The number of phenolic OH excluding ortho intramolecular Hbond substituents is 2. The van der Waals surface area contributed by atoms with E-state index in [-0.39, 0.29) is 23.7 Å². The van der Waals surface area contributed by atoms with Gasteiger partial charge in [0.15, 0.2) is 11.5 Å². The Bertz CT molecular complexity index is 509. The molecule has 1 aliphatic heterocycles. The van der Waals surface area contributed by atoms with Crippen LogP contribution in [0.25, 0.3) is 0 Å². The number of rotatable bonds is 2. The van der Waals surface area contributed by atoms with Gasteiger partial charge in [-0.3, -0.25) is 0 Å². The van der Waals surface area contributed by atoms with E-state index in [0.717, 1.165) is 11.1 Å². The first kappa shape index (κ1) is 15.6. The highest BCUT2D eigenvalue weighted by atomic mass is 16.5. The lowest BCUT2D eigenvalue weighted by atomic mass is 9.81. The summed E-state index contributed by atoms with van der Waals surface area (Å²) in [5.74, 6) is 0.493. The molecule has 122 valence electrons. The lowest BCUT2D eigenvalue weighted by Crippen LogP contribution is -2.35. The van der Waals surface area contributed by atoms with Crippen LogP contribution in [0.3, 0.4) is 0 Å². The zero-order valence-electron chi connectivity index (χ0n) is 13.1. The first-order valence-corrected chi connectivity index (χ1v) is 8.60. The third-order valence-electron chi connectivity index (χ3n) is 5.28. The van der Waals surface area contributed by atoms with Crippen molar-refractivity contribution in [3.8, 4) is 11.5 Å². The summed E-state index contributed by atoms with van der Waals surface area (Å²) in [6, 6.07) is 3.35. The highest BCUT2D eigenvalue weighted by Gasteiger charge is 2.34. The molecule has 0 saturated heterocycles. The van der Waals surface area contributed by atoms with Crippen molar-refractivity contribution in [3.05, 3.63) is 23.3 Å². The Hall–Kier alpha value is -1.26. The molecule has 1 aliphatic carbocycles. The van der Waals surface area contributed by atoms with Crippen molar-refractivity contribution in [1.29, 1.82) is 0 Å². The van der Waals surface area contributed by atoms with Crippen LogP contribution in [0.15, 0.2) is 12.1 Å². The summed E-state index contributed by atoms with van der Waals surface area (Å²) < 4.78 is 6.28.